The lowest BCUT2D eigenvalue weighted by atomic mass is 10.1. The van der Waals surface area contributed by atoms with Crippen LogP contribution in [0.2, 0.25) is 0 Å². The van der Waals surface area contributed by atoms with E-state index in [1.54, 1.807) is 39.2 Å². The van der Waals surface area contributed by atoms with Crippen molar-refractivity contribution in [1.29, 1.82) is 0 Å². The molecule has 0 unspecified atom stereocenters. The molecule has 1 aromatic heterocycles. The lowest BCUT2D eigenvalue weighted by Gasteiger charge is -2.18. The van der Waals surface area contributed by atoms with Gasteiger partial charge in [0.05, 0.1) is 20.3 Å². The molecule has 8 nitrogen and oxygen atoms in total. The molecule has 0 bridgehead atoms. The summed E-state index contributed by atoms with van der Waals surface area (Å²) in [5, 5.41) is 2.74. The smallest absolute Gasteiger partial charge is 0.342 e. The number of nitrogens with one attached hydrogen (secondary N) is 1. The Bertz CT molecular complexity index is 906. The van der Waals surface area contributed by atoms with E-state index in [1.165, 1.54) is 20.1 Å². The van der Waals surface area contributed by atoms with Gasteiger partial charge in [0.15, 0.2) is 6.61 Å². The normalized spacial score (nSPS) is 11.5. The third-order valence-corrected chi connectivity index (χ3v) is 4.15. The number of amides is 1. The van der Waals surface area contributed by atoms with Crippen LogP contribution < -0.4 is 20.4 Å². The number of ether oxygens (including phenoxy) is 3. The van der Waals surface area contributed by atoms with Crippen LogP contribution in [0, 0.1) is 13.8 Å². The molecule has 0 aliphatic carbocycles. The van der Waals surface area contributed by atoms with Gasteiger partial charge in [-0.25, -0.2) is 9.59 Å². The van der Waals surface area contributed by atoms with Crippen molar-refractivity contribution in [3.63, 3.8) is 0 Å². The maximum atomic E-state index is 12.2. The molecule has 0 saturated carbocycles. The van der Waals surface area contributed by atoms with Gasteiger partial charge in [0.25, 0.3) is 5.91 Å². The highest BCUT2D eigenvalue weighted by atomic mass is 16.5. The molecule has 1 atom stereocenters. The van der Waals surface area contributed by atoms with Crippen LogP contribution in [0.15, 0.2) is 33.5 Å². The monoisotopic (exact) mass is 389 g/mol. The number of rotatable bonds is 7. The summed E-state index contributed by atoms with van der Waals surface area (Å²) in [5.74, 6) is 0.139. The molecule has 150 valence electrons. The Morgan fingerprint density at radius 3 is 2.46 bits per heavy atom. The Hall–Kier alpha value is -3.29. The summed E-state index contributed by atoms with van der Waals surface area (Å²) in [4.78, 5) is 35.8. The molecule has 2 rings (SSSR count). The fraction of sp³-hybridized carbons (Fsp3) is 0.350. The zero-order chi connectivity index (χ0) is 20.8. The quantitative estimate of drug-likeness (QED) is 0.725. The van der Waals surface area contributed by atoms with Crippen molar-refractivity contribution in [1.82, 2.24) is 5.32 Å². The minimum absolute atomic E-state index is 0.134. The highest BCUT2D eigenvalue weighted by Gasteiger charge is 2.20. The third-order valence-electron chi connectivity index (χ3n) is 4.15. The van der Waals surface area contributed by atoms with E-state index in [0.717, 1.165) is 5.56 Å². The van der Waals surface area contributed by atoms with Gasteiger partial charge in [0.1, 0.15) is 22.8 Å². The predicted molar refractivity (Wildman–Crippen MR) is 101 cm³/mol. The summed E-state index contributed by atoms with van der Waals surface area (Å²) in [7, 11) is 3.08. The van der Waals surface area contributed by atoms with E-state index < -0.39 is 30.2 Å². The van der Waals surface area contributed by atoms with Crippen LogP contribution in [-0.4, -0.2) is 32.7 Å². The number of benzene rings is 1. The second-order valence-electron chi connectivity index (χ2n) is 6.15. The number of esters is 1. The minimum Gasteiger partial charge on any atom is -0.497 e. The summed E-state index contributed by atoms with van der Waals surface area (Å²) in [6.07, 6.45) is 0. The Balaban J connectivity index is 2.03. The average Bonchev–Trinajstić information content (AvgIpc) is 2.64. The largest absolute Gasteiger partial charge is 0.497 e. The summed E-state index contributed by atoms with van der Waals surface area (Å²) in [6.45, 7) is 4.38. The second kappa shape index (κ2) is 9.07. The number of carbonyl (C=O) groups excluding carboxylic acids is 2. The van der Waals surface area contributed by atoms with Gasteiger partial charge in [-0.2, -0.15) is 0 Å². The SMILES string of the molecule is COc1ccc(OC)c([C@H](C)NC(=O)COC(=O)c2c(C)cc(=O)oc2C)c1. The molecule has 0 aliphatic heterocycles. The van der Waals surface area contributed by atoms with Gasteiger partial charge in [-0.15, -0.1) is 0 Å². The number of carbonyl (C=O) groups is 2. The maximum absolute atomic E-state index is 12.2. The summed E-state index contributed by atoms with van der Waals surface area (Å²) in [6, 6.07) is 6.04. The van der Waals surface area contributed by atoms with E-state index in [1.807, 2.05) is 0 Å². The Kier molecular flexibility index (Phi) is 6.81. The third kappa shape index (κ3) is 4.91. The van der Waals surface area contributed by atoms with Gasteiger partial charge >= 0.3 is 11.6 Å². The van der Waals surface area contributed by atoms with Crippen molar-refractivity contribution in [2.24, 2.45) is 0 Å². The molecule has 28 heavy (non-hydrogen) atoms. The summed E-state index contributed by atoms with van der Waals surface area (Å²) in [5.41, 5.74) is 0.729. The first-order valence-corrected chi connectivity index (χ1v) is 8.56. The molecule has 0 saturated heterocycles. The molecule has 1 heterocycles. The van der Waals surface area contributed by atoms with Crippen molar-refractivity contribution in [2.75, 3.05) is 20.8 Å². The molecule has 0 fully saturated rings. The van der Waals surface area contributed by atoms with Crippen LogP contribution in [-0.2, 0) is 9.53 Å². The summed E-state index contributed by atoms with van der Waals surface area (Å²) < 4.78 is 20.5. The molecule has 1 aromatic carbocycles. The van der Waals surface area contributed by atoms with Crippen molar-refractivity contribution in [3.8, 4) is 11.5 Å². The van der Waals surface area contributed by atoms with E-state index in [0.29, 0.717) is 17.1 Å². The Morgan fingerprint density at radius 1 is 1.14 bits per heavy atom. The molecular weight excluding hydrogens is 366 g/mol. The van der Waals surface area contributed by atoms with Crippen LogP contribution >= 0.6 is 0 Å². The number of hydrogen-bond donors (Lipinski definition) is 1. The molecule has 2 aromatic rings. The standard InChI is InChI=1S/C20H23NO7/c1-11-8-18(23)28-13(3)19(11)20(24)27-10-17(22)21-12(2)15-9-14(25-4)6-7-16(15)26-5/h6-9,12H,10H2,1-5H3,(H,21,22)/t12-/m0/s1. The van der Waals surface area contributed by atoms with Crippen LogP contribution in [0.5, 0.6) is 11.5 Å². The van der Waals surface area contributed by atoms with E-state index in [2.05, 4.69) is 5.32 Å². The van der Waals surface area contributed by atoms with Crippen LogP contribution in [0.25, 0.3) is 0 Å². The first kappa shape index (κ1) is 21.0. The second-order valence-corrected chi connectivity index (χ2v) is 6.15. The van der Waals surface area contributed by atoms with Crippen molar-refractivity contribution in [2.45, 2.75) is 26.8 Å². The van der Waals surface area contributed by atoms with Crippen molar-refractivity contribution in [3.05, 3.63) is 57.1 Å². The molecule has 0 spiro atoms. The first-order chi connectivity index (χ1) is 13.3. The highest BCUT2D eigenvalue weighted by molar-refractivity contribution is 5.93. The topological polar surface area (TPSA) is 104 Å². The minimum atomic E-state index is -0.736. The van der Waals surface area contributed by atoms with Gasteiger partial charge in [-0.1, -0.05) is 0 Å². The zero-order valence-corrected chi connectivity index (χ0v) is 16.5. The molecule has 1 N–H and O–H groups in total. The lowest BCUT2D eigenvalue weighted by molar-refractivity contribution is -0.124. The summed E-state index contributed by atoms with van der Waals surface area (Å²) >= 11 is 0. The van der Waals surface area contributed by atoms with Crippen molar-refractivity contribution < 1.29 is 28.2 Å². The van der Waals surface area contributed by atoms with Crippen LogP contribution in [0.4, 0.5) is 0 Å². The fourth-order valence-corrected chi connectivity index (χ4v) is 2.80. The average molecular weight is 389 g/mol. The predicted octanol–water partition coefficient (Wildman–Crippen LogP) is 2.31. The lowest BCUT2D eigenvalue weighted by Crippen LogP contribution is -2.31. The first-order valence-electron chi connectivity index (χ1n) is 8.56. The zero-order valence-electron chi connectivity index (χ0n) is 16.5. The Labute approximate surface area is 162 Å². The molecule has 0 radical (unpaired) electrons. The number of aryl methyl sites for hydroxylation is 2. The van der Waals surface area contributed by atoms with Crippen LogP contribution in [0.1, 0.15) is 40.2 Å². The van der Waals surface area contributed by atoms with Gasteiger partial charge in [-0.05, 0) is 44.5 Å². The van der Waals surface area contributed by atoms with Crippen LogP contribution in [0.3, 0.4) is 0 Å². The van der Waals surface area contributed by atoms with Crippen molar-refractivity contribution >= 4 is 11.9 Å². The van der Waals surface area contributed by atoms with E-state index >= 15 is 0 Å². The van der Waals surface area contributed by atoms with Gasteiger partial charge < -0.3 is 23.9 Å². The molecular formula is C20H23NO7. The van der Waals surface area contributed by atoms with Gasteiger partial charge in [0.2, 0.25) is 0 Å². The molecule has 8 heteroatoms. The number of methoxy groups -OCH3 is 2. The van der Waals surface area contributed by atoms with E-state index in [9.17, 15) is 14.4 Å². The molecule has 1 amide bonds. The fourth-order valence-electron chi connectivity index (χ4n) is 2.80. The van der Waals surface area contributed by atoms with Gasteiger partial charge in [-0.3, -0.25) is 4.79 Å². The Morgan fingerprint density at radius 2 is 1.86 bits per heavy atom. The van der Waals surface area contributed by atoms with E-state index in [4.69, 9.17) is 18.6 Å². The van der Waals surface area contributed by atoms with Gasteiger partial charge in [0, 0.05) is 11.6 Å². The number of hydrogen-bond acceptors (Lipinski definition) is 7. The maximum Gasteiger partial charge on any atom is 0.342 e. The molecule has 0 aliphatic rings. The highest BCUT2D eigenvalue weighted by Crippen LogP contribution is 2.29. The van der Waals surface area contributed by atoms with E-state index in [-0.39, 0.29) is 11.3 Å².